The molecule has 6 heteroatoms. The van der Waals surface area contributed by atoms with Crippen LogP contribution in [0.4, 0.5) is 0 Å². The van der Waals surface area contributed by atoms with Crippen molar-refractivity contribution in [3.63, 3.8) is 0 Å². The van der Waals surface area contributed by atoms with Crippen molar-refractivity contribution in [1.82, 2.24) is 0 Å². The van der Waals surface area contributed by atoms with Gasteiger partial charge in [-0.15, -0.1) is 0 Å². The number of carbonyl (C=O) groups excluding carboxylic acids is 3. The monoisotopic (exact) mass is 1010 g/mol. The number of carbonyl (C=O) groups is 3. The van der Waals surface area contributed by atoms with Gasteiger partial charge in [0, 0.05) is 19.3 Å². The molecule has 0 saturated carbocycles. The molecule has 0 aromatic rings. The van der Waals surface area contributed by atoms with E-state index in [0.29, 0.717) is 19.3 Å². The first-order valence-electron chi connectivity index (χ1n) is 30.4. The van der Waals surface area contributed by atoms with Gasteiger partial charge < -0.3 is 14.2 Å². The molecule has 0 aliphatic rings. The van der Waals surface area contributed by atoms with E-state index in [9.17, 15) is 14.4 Å². The highest BCUT2D eigenvalue weighted by atomic mass is 16.6. The normalized spacial score (nSPS) is 12.9. The molecule has 0 bridgehead atoms. The molecule has 416 valence electrons. The minimum atomic E-state index is -0.793. The predicted molar refractivity (Wildman–Crippen MR) is 316 cm³/mol. The van der Waals surface area contributed by atoms with Crippen molar-refractivity contribution in [2.24, 2.45) is 0 Å². The van der Waals surface area contributed by atoms with Crippen molar-refractivity contribution in [1.29, 1.82) is 0 Å². The lowest BCUT2D eigenvalue weighted by Crippen LogP contribution is -2.30. The van der Waals surface area contributed by atoms with E-state index in [4.69, 9.17) is 14.2 Å². The molecule has 1 unspecified atom stereocenters. The van der Waals surface area contributed by atoms with E-state index in [1.54, 1.807) is 0 Å². The van der Waals surface area contributed by atoms with Crippen LogP contribution in [0.15, 0.2) is 109 Å². The zero-order chi connectivity index (χ0) is 52.9. The van der Waals surface area contributed by atoms with Crippen molar-refractivity contribution >= 4 is 17.9 Å². The van der Waals surface area contributed by atoms with E-state index < -0.39 is 6.10 Å². The minimum absolute atomic E-state index is 0.0910. The number of allylic oxidation sites excluding steroid dienone is 18. The molecule has 0 radical (unpaired) electrons. The van der Waals surface area contributed by atoms with E-state index in [-0.39, 0.29) is 31.1 Å². The van der Waals surface area contributed by atoms with E-state index in [1.807, 2.05) is 0 Å². The topological polar surface area (TPSA) is 78.9 Å². The molecule has 0 rings (SSSR count). The van der Waals surface area contributed by atoms with Crippen LogP contribution in [0.1, 0.15) is 278 Å². The zero-order valence-electron chi connectivity index (χ0n) is 47.6. The first-order chi connectivity index (χ1) is 36.0. The Morgan fingerprint density at radius 1 is 0.288 bits per heavy atom. The number of hydrogen-bond donors (Lipinski definition) is 0. The Balaban J connectivity index is 4.34. The fraction of sp³-hybridized carbons (Fsp3) is 0.687. The lowest BCUT2D eigenvalue weighted by atomic mass is 10.1. The highest BCUT2D eigenvalue weighted by molar-refractivity contribution is 5.71. The maximum atomic E-state index is 12.9. The third-order valence-electron chi connectivity index (χ3n) is 12.7. The predicted octanol–water partition coefficient (Wildman–Crippen LogP) is 20.7. The van der Waals surface area contributed by atoms with Crippen LogP contribution >= 0.6 is 0 Å². The smallest absolute Gasteiger partial charge is 0.306 e. The van der Waals surface area contributed by atoms with Gasteiger partial charge in [0.25, 0.3) is 0 Å². The van der Waals surface area contributed by atoms with E-state index in [1.165, 1.54) is 89.9 Å². The maximum Gasteiger partial charge on any atom is 0.306 e. The molecule has 0 heterocycles. The summed E-state index contributed by atoms with van der Waals surface area (Å²) in [6.07, 6.45) is 82.3. The zero-order valence-corrected chi connectivity index (χ0v) is 47.6. The Kier molecular flexibility index (Phi) is 57.4. The van der Waals surface area contributed by atoms with Crippen LogP contribution in [-0.2, 0) is 28.6 Å². The summed E-state index contributed by atoms with van der Waals surface area (Å²) in [7, 11) is 0. The van der Waals surface area contributed by atoms with Crippen LogP contribution < -0.4 is 0 Å². The maximum absolute atomic E-state index is 12.9. The Hall–Kier alpha value is -3.93. The average Bonchev–Trinajstić information content (AvgIpc) is 3.39. The first kappa shape index (κ1) is 69.1. The molecule has 73 heavy (non-hydrogen) atoms. The van der Waals surface area contributed by atoms with Gasteiger partial charge in [-0.2, -0.15) is 0 Å². The van der Waals surface area contributed by atoms with E-state index >= 15 is 0 Å². The van der Waals surface area contributed by atoms with Gasteiger partial charge in [0.2, 0.25) is 0 Å². The Labute approximate surface area is 450 Å². The van der Waals surface area contributed by atoms with Gasteiger partial charge in [0.1, 0.15) is 13.2 Å². The molecule has 1 atom stereocenters. The molecule has 0 aliphatic heterocycles. The standard InChI is InChI=1S/C67H112O6/c1-4-7-10-13-16-19-22-25-27-28-29-30-31-32-33-34-35-36-37-38-40-42-45-48-51-54-57-60-66(69)72-63-64(62-71-65(68)59-56-53-50-47-44-41-24-21-18-15-12-9-6-3)73-67(70)61-58-55-52-49-46-43-39-26-23-20-17-14-11-8-5-2/h7,10,12,15-16,19,21,24-27,29-30,32-33,35-36,39,64H,4-6,8-9,11,13-14,17-18,20,22-23,28,31,34,37-38,40-63H2,1-3H3/b10-7-,15-12-,19-16-,24-21-,27-25-,30-29-,33-32-,36-35-,39-26-. The number of hydrogen-bond acceptors (Lipinski definition) is 6. The van der Waals surface area contributed by atoms with Gasteiger partial charge in [-0.1, -0.05) is 246 Å². The second-order valence-electron chi connectivity index (χ2n) is 19.9. The number of unbranched alkanes of at least 4 members (excludes halogenated alkanes) is 25. The molecule has 0 fully saturated rings. The van der Waals surface area contributed by atoms with Gasteiger partial charge in [0.05, 0.1) is 0 Å². The molecule has 0 saturated heterocycles. The summed E-state index contributed by atoms with van der Waals surface area (Å²) < 4.78 is 16.9. The van der Waals surface area contributed by atoms with Gasteiger partial charge in [0.15, 0.2) is 6.10 Å². The molecular weight excluding hydrogens is 901 g/mol. The van der Waals surface area contributed by atoms with Crippen LogP contribution in [0.2, 0.25) is 0 Å². The van der Waals surface area contributed by atoms with Crippen LogP contribution in [-0.4, -0.2) is 37.2 Å². The Morgan fingerprint density at radius 2 is 0.562 bits per heavy atom. The van der Waals surface area contributed by atoms with Crippen molar-refractivity contribution < 1.29 is 28.6 Å². The van der Waals surface area contributed by atoms with Gasteiger partial charge in [-0.05, 0) is 122 Å². The fourth-order valence-corrected chi connectivity index (χ4v) is 8.18. The van der Waals surface area contributed by atoms with Gasteiger partial charge in [-0.3, -0.25) is 14.4 Å². The second kappa shape index (κ2) is 60.6. The van der Waals surface area contributed by atoms with E-state index in [0.717, 1.165) is 148 Å². The van der Waals surface area contributed by atoms with E-state index in [2.05, 4.69) is 130 Å². The molecule has 0 aromatic carbocycles. The van der Waals surface area contributed by atoms with Crippen LogP contribution in [0.25, 0.3) is 0 Å². The van der Waals surface area contributed by atoms with Crippen LogP contribution in [0.5, 0.6) is 0 Å². The van der Waals surface area contributed by atoms with Gasteiger partial charge >= 0.3 is 17.9 Å². The molecular formula is C67H112O6. The lowest BCUT2D eigenvalue weighted by molar-refractivity contribution is -0.167. The quantitative estimate of drug-likeness (QED) is 0.0261. The summed E-state index contributed by atoms with van der Waals surface area (Å²) in [4.78, 5) is 38.2. The van der Waals surface area contributed by atoms with Crippen molar-refractivity contribution in [3.05, 3.63) is 109 Å². The lowest BCUT2D eigenvalue weighted by Gasteiger charge is -2.18. The molecule has 0 spiro atoms. The van der Waals surface area contributed by atoms with Crippen molar-refractivity contribution in [2.45, 2.75) is 284 Å². The first-order valence-corrected chi connectivity index (χ1v) is 30.4. The average molecular weight is 1010 g/mol. The summed E-state index contributed by atoms with van der Waals surface area (Å²) in [5, 5.41) is 0. The molecule has 0 aliphatic carbocycles. The number of esters is 3. The van der Waals surface area contributed by atoms with Crippen LogP contribution in [0.3, 0.4) is 0 Å². The SMILES string of the molecule is CC/C=C\C/C=C\C/C=C\C/C=C\C/C=C\C/C=C\CCCCCCCCCCC(=O)OCC(COC(=O)CCCCCCC/C=C\C/C=C\CCC)OC(=O)CCCCCCC/C=C\CCCCCCCC. The van der Waals surface area contributed by atoms with Gasteiger partial charge in [-0.25, -0.2) is 0 Å². The molecule has 0 N–H and O–H groups in total. The molecule has 6 nitrogen and oxygen atoms in total. The summed E-state index contributed by atoms with van der Waals surface area (Å²) in [5.41, 5.74) is 0. The Morgan fingerprint density at radius 3 is 0.904 bits per heavy atom. The number of ether oxygens (including phenoxy) is 3. The third kappa shape index (κ3) is 58.8. The molecule has 0 amide bonds. The highest BCUT2D eigenvalue weighted by Crippen LogP contribution is 2.15. The van der Waals surface area contributed by atoms with Crippen LogP contribution in [0, 0.1) is 0 Å². The summed E-state index contributed by atoms with van der Waals surface area (Å²) >= 11 is 0. The highest BCUT2D eigenvalue weighted by Gasteiger charge is 2.19. The largest absolute Gasteiger partial charge is 0.462 e. The summed E-state index contributed by atoms with van der Waals surface area (Å²) in [6.45, 7) is 6.44. The second-order valence-corrected chi connectivity index (χ2v) is 19.9. The van der Waals surface area contributed by atoms with Crippen molar-refractivity contribution in [3.8, 4) is 0 Å². The Bertz CT molecular complexity index is 1490. The summed E-state index contributed by atoms with van der Waals surface area (Å²) in [5.74, 6) is -0.918. The summed E-state index contributed by atoms with van der Waals surface area (Å²) in [6, 6.07) is 0. The van der Waals surface area contributed by atoms with Crippen molar-refractivity contribution in [2.75, 3.05) is 13.2 Å². The minimum Gasteiger partial charge on any atom is -0.462 e. The molecule has 0 aromatic heterocycles. The third-order valence-corrected chi connectivity index (χ3v) is 12.7. The number of rotatable bonds is 54. The fourth-order valence-electron chi connectivity index (χ4n) is 8.18.